The Morgan fingerprint density at radius 3 is 2.68 bits per heavy atom. The van der Waals surface area contributed by atoms with E-state index < -0.39 is 20.6 Å². The van der Waals surface area contributed by atoms with Crippen molar-refractivity contribution in [1.29, 1.82) is 0 Å². The van der Waals surface area contributed by atoms with Crippen molar-refractivity contribution in [3.63, 3.8) is 0 Å². The van der Waals surface area contributed by atoms with Crippen LogP contribution >= 0.6 is 11.8 Å². The van der Waals surface area contributed by atoms with Crippen LogP contribution in [0.25, 0.3) is 0 Å². The quantitative estimate of drug-likeness (QED) is 0.801. The van der Waals surface area contributed by atoms with E-state index in [0.717, 1.165) is 25.0 Å². The Morgan fingerprint density at radius 2 is 2.16 bits per heavy atom. The number of rotatable bonds is 2. The average Bonchev–Trinajstić information content (AvgIpc) is 2.69. The second-order valence-electron chi connectivity index (χ2n) is 5.77. The molecular weight excluding hydrogens is 284 g/mol. The molecule has 2 aliphatic rings. The van der Waals surface area contributed by atoms with Crippen molar-refractivity contribution in [3.8, 4) is 0 Å². The highest BCUT2D eigenvalue weighted by atomic mass is 32.2. The molecule has 0 aromatic heterocycles. The van der Waals surface area contributed by atoms with E-state index in [1.54, 1.807) is 16.7 Å². The molecule has 1 aliphatic carbocycles. The van der Waals surface area contributed by atoms with Gasteiger partial charge in [0, 0.05) is 30.3 Å². The number of carbonyl (C=O) groups is 1. The molecule has 0 aromatic rings. The zero-order valence-corrected chi connectivity index (χ0v) is 13.1. The summed E-state index contributed by atoms with van der Waals surface area (Å²) >= 11 is 1.59. The highest BCUT2D eigenvalue weighted by Gasteiger charge is 2.48. The number of nitrogens with zero attached hydrogens (tertiary/aromatic N) is 1. The molecule has 3 unspecified atom stereocenters. The Balaban J connectivity index is 2.26. The van der Waals surface area contributed by atoms with E-state index in [4.69, 9.17) is 5.73 Å². The Morgan fingerprint density at radius 1 is 1.47 bits per heavy atom. The highest BCUT2D eigenvalue weighted by molar-refractivity contribution is 8.00. The first-order chi connectivity index (χ1) is 8.77. The maximum atomic E-state index is 12.8. The van der Waals surface area contributed by atoms with Crippen LogP contribution in [0.15, 0.2) is 0 Å². The zero-order chi connectivity index (χ0) is 14.3. The third-order valence-electron chi connectivity index (χ3n) is 4.36. The van der Waals surface area contributed by atoms with Gasteiger partial charge in [0.2, 0.25) is 5.91 Å². The molecule has 19 heavy (non-hydrogen) atoms. The van der Waals surface area contributed by atoms with Gasteiger partial charge in [-0.25, -0.2) is 8.42 Å². The highest BCUT2D eigenvalue weighted by Crippen LogP contribution is 2.39. The van der Waals surface area contributed by atoms with Crippen molar-refractivity contribution in [3.05, 3.63) is 0 Å². The van der Waals surface area contributed by atoms with Crippen LogP contribution in [0.3, 0.4) is 0 Å². The summed E-state index contributed by atoms with van der Waals surface area (Å²) in [6, 6.07) is -0.158. The van der Waals surface area contributed by atoms with Crippen LogP contribution in [0.5, 0.6) is 0 Å². The average molecular weight is 306 g/mol. The minimum Gasteiger partial charge on any atom is -0.327 e. The number of thioether (sulfide) groups is 1. The Bertz CT molecular complexity index is 466. The largest absolute Gasteiger partial charge is 0.327 e. The summed E-state index contributed by atoms with van der Waals surface area (Å²) in [6.45, 7) is 2.39. The summed E-state index contributed by atoms with van der Waals surface area (Å²) in [5.41, 5.74) is 5.48. The van der Waals surface area contributed by atoms with E-state index in [1.165, 1.54) is 6.26 Å². The molecule has 2 fully saturated rings. The number of nitrogens with two attached hydrogens (primary N) is 1. The van der Waals surface area contributed by atoms with Crippen molar-refractivity contribution in [2.45, 2.75) is 37.6 Å². The smallest absolute Gasteiger partial charge is 0.231 e. The Kier molecular flexibility index (Phi) is 4.18. The zero-order valence-electron chi connectivity index (χ0n) is 11.5. The number of amides is 1. The molecule has 5 nitrogen and oxygen atoms in total. The van der Waals surface area contributed by atoms with E-state index in [9.17, 15) is 13.2 Å². The fourth-order valence-electron chi connectivity index (χ4n) is 2.95. The second kappa shape index (κ2) is 5.26. The Labute approximate surface area is 119 Å². The van der Waals surface area contributed by atoms with Crippen LogP contribution in [-0.4, -0.2) is 54.9 Å². The van der Waals surface area contributed by atoms with Crippen LogP contribution in [0.1, 0.15) is 26.2 Å². The number of hydrogen-bond donors (Lipinski definition) is 1. The van der Waals surface area contributed by atoms with Gasteiger partial charge in [-0.2, -0.15) is 11.8 Å². The normalized spacial score (nSPS) is 36.5. The molecule has 0 spiro atoms. The molecule has 1 saturated carbocycles. The molecular formula is C12H22N2O3S2. The van der Waals surface area contributed by atoms with Crippen LogP contribution in [0.4, 0.5) is 0 Å². The van der Waals surface area contributed by atoms with Crippen molar-refractivity contribution in [2.75, 3.05) is 24.3 Å². The lowest BCUT2D eigenvalue weighted by Gasteiger charge is -2.40. The monoisotopic (exact) mass is 306 g/mol. The molecule has 7 heteroatoms. The predicted molar refractivity (Wildman–Crippen MR) is 77.6 cm³/mol. The molecule has 110 valence electrons. The predicted octanol–water partition coefficient (Wildman–Crippen LogP) is 0.450. The topological polar surface area (TPSA) is 80.5 Å². The van der Waals surface area contributed by atoms with Crippen LogP contribution in [-0.2, 0) is 14.6 Å². The van der Waals surface area contributed by atoms with Crippen molar-refractivity contribution >= 4 is 27.5 Å². The van der Waals surface area contributed by atoms with E-state index in [-0.39, 0.29) is 11.9 Å². The summed E-state index contributed by atoms with van der Waals surface area (Å²) in [7, 11) is -3.25. The maximum absolute atomic E-state index is 12.8. The number of sulfone groups is 1. The minimum atomic E-state index is -3.25. The van der Waals surface area contributed by atoms with Crippen molar-refractivity contribution in [1.82, 2.24) is 4.90 Å². The van der Waals surface area contributed by atoms with Gasteiger partial charge >= 0.3 is 0 Å². The van der Waals surface area contributed by atoms with Gasteiger partial charge in [0.25, 0.3) is 0 Å². The van der Waals surface area contributed by atoms with Gasteiger partial charge in [0.05, 0.1) is 5.41 Å². The molecule has 1 aliphatic heterocycles. The first-order valence-corrected chi connectivity index (χ1v) is 9.71. The molecule has 0 bridgehead atoms. The van der Waals surface area contributed by atoms with Gasteiger partial charge < -0.3 is 10.6 Å². The summed E-state index contributed by atoms with van der Waals surface area (Å²) in [6.07, 6.45) is 3.75. The number of hydrogen-bond acceptors (Lipinski definition) is 5. The molecule has 1 heterocycles. The maximum Gasteiger partial charge on any atom is 0.231 e. The lowest BCUT2D eigenvalue weighted by molar-refractivity contribution is -0.142. The van der Waals surface area contributed by atoms with Gasteiger partial charge in [0.1, 0.15) is 5.37 Å². The SMILES string of the molecule is CC1(C(=O)N2CCSCC2S(C)(=O)=O)CCCC1N. The van der Waals surface area contributed by atoms with Gasteiger partial charge in [-0.15, -0.1) is 0 Å². The molecule has 2 N–H and O–H groups in total. The summed E-state index contributed by atoms with van der Waals surface area (Å²) in [4.78, 5) is 14.3. The van der Waals surface area contributed by atoms with Gasteiger partial charge in [-0.3, -0.25) is 4.79 Å². The van der Waals surface area contributed by atoms with E-state index in [1.807, 2.05) is 6.92 Å². The van der Waals surface area contributed by atoms with Crippen molar-refractivity contribution in [2.24, 2.45) is 11.1 Å². The third kappa shape index (κ3) is 2.78. The Hall–Kier alpha value is -0.270. The minimum absolute atomic E-state index is 0.0757. The third-order valence-corrected chi connectivity index (χ3v) is 7.00. The lowest BCUT2D eigenvalue weighted by Crippen LogP contribution is -2.57. The summed E-state index contributed by atoms with van der Waals surface area (Å²) in [5.74, 6) is 1.19. The van der Waals surface area contributed by atoms with E-state index in [2.05, 4.69) is 0 Å². The molecule has 2 rings (SSSR count). The molecule has 0 aromatic carbocycles. The van der Waals surface area contributed by atoms with Crippen LogP contribution < -0.4 is 5.73 Å². The second-order valence-corrected chi connectivity index (χ2v) is 9.13. The van der Waals surface area contributed by atoms with Crippen molar-refractivity contribution < 1.29 is 13.2 Å². The van der Waals surface area contributed by atoms with Crippen LogP contribution in [0, 0.1) is 5.41 Å². The van der Waals surface area contributed by atoms with Gasteiger partial charge in [0.15, 0.2) is 9.84 Å². The summed E-state index contributed by atoms with van der Waals surface area (Å²) < 4.78 is 23.7. The van der Waals surface area contributed by atoms with Crippen LogP contribution in [0.2, 0.25) is 0 Å². The van der Waals surface area contributed by atoms with E-state index >= 15 is 0 Å². The first kappa shape index (κ1) is 15.1. The first-order valence-electron chi connectivity index (χ1n) is 6.60. The number of carbonyl (C=O) groups excluding carboxylic acids is 1. The van der Waals surface area contributed by atoms with Gasteiger partial charge in [-0.1, -0.05) is 6.42 Å². The van der Waals surface area contributed by atoms with E-state index in [0.29, 0.717) is 12.3 Å². The molecule has 1 amide bonds. The fourth-order valence-corrected chi connectivity index (χ4v) is 5.77. The fraction of sp³-hybridized carbons (Fsp3) is 0.917. The molecule has 3 atom stereocenters. The van der Waals surface area contributed by atoms with Gasteiger partial charge in [-0.05, 0) is 19.8 Å². The standard InChI is InChI=1S/C12H22N2O3S2/c1-12(5-3-4-9(12)13)11(15)14-6-7-18-8-10(14)19(2,16)17/h9-10H,3-8,13H2,1-2H3. The molecule has 1 saturated heterocycles. The lowest BCUT2D eigenvalue weighted by atomic mass is 9.83. The summed E-state index contributed by atoms with van der Waals surface area (Å²) in [5, 5.41) is -0.691. The molecule has 0 radical (unpaired) electrons.